The Labute approximate surface area is 118 Å². The van der Waals surface area contributed by atoms with Crippen molar-refractivity contribution < 1.29 is 19.1 Å². The number of halogens is 2. The van der Waals surface area contributed by atoms with Crippen LogP contribution in [0.1, 0.15) is 18.4 Å². The Morgan fingerprint density at radius 2 is 2.42 bits per heavy atom. The first-order chi connectivity index (χ1) is 9.13. The summed E-state index contributed by atoms with van der Waals surface area (Å²) in [4.78, 5) is 0. The van der Waals surface area contributed by atoms with Crippen LogP contribution < -0.4 is 10.5 Å². The Kier molecular flexibility index (Phi) is 4.60. The fourth-order valence-corrected chi connectivity index (χ4v) is 2.38. The third-order valence-corrected chi connectivity index (χ3v) is 3.65. The SMILES string of the molecule is N/C(=N/O)c1ccc(OCC2CCCO2)c(F)c1Br. The highest BCUT2D eigenvalue weighted by atomic mass is 79.9. The van der Waals surface area contributed by atoms with Gasteiger partial charge in [-0.3, -0.25) is 0 Å². The van der Waals surface area contributed by atoms with Crippen LogP contribution >= 0.6 is 15.9 Å². The number of benzene rings is 1. The topological polar surface area (TPSA) is 77.1 Å². The van der Waals surface area contributed by atoms with Gasteiger partial charge in [-0.15, -0.1) is 0 Å². The van der Waals surface area contributed by atoms with E-state index in [2.05, 4.69) is 21.1 Å². The molecule has 19 heavy (non-hydrogen) atoms. The molecule has 1 saturated heterocycles. The maximum atomic E-state index is 14.0. The second-order valence-electron chi connectivity index (χ2n) is 4.17. The molecule has 104 valence electrons. The summed E-state index contributed by atoms with van der Waals surface area (Å²) in [6.07, 6.45) is 1.94. The summed E-state index contributed by atoms with van der Waals surface area (Å²) in [5, 5.41) is 11.4. The monoisotopic (exact) mass is 332 g/mol. The zero-order valence-corrected chi connectivity index (χ0v) is 11.7. The molecule has 1 aliphatic heterocycles. The van der Waals surface area contributed by atoms with Gasteiger partial charge in [-0.2, -0.15) is 0 Å². The Morgan fingerprint density at radius 3 is 3.05 bits per heavy atom. The van der Waals surface area contributed by atoms with Gasteiger partial charge in [-0.05, 0) is 40.9 Å². The molecular weight excluding hydrogens is 319 g/mol. The minimum absolute atomic E-state index is 0.0157. The van der Waals surface area contributed by atoms with Crippen molar-refractivity contribution in [3.8, 4) is 5.75 Å². The highest BCUT2D eigenvalue weighted by Crippen LogP contribution is 2.29. The molecule has 0 aliphatic carbocycles. The molecule has 1 atom stereocenters. The molecule has 2 rings (SSSR count). The molecule has 1 aliphatic rings. The Balaban J connectivity index is 2.11. The van der Waals surface area contributed by atoms with Crippen molar-refractivity contribution in [2.45, 2.75) is 18.9 Å². The molecule has 1 aromatic carbocycles. The van der Waals surface area contributed by atoms with Crippen molar-refractivity contribution in [2.75, 3.05) is 13.2 Å². The van der Waals surface area contributed by atoms with E-state index in [1.165, 1.54) is 12.1 Å². The maximum Gasteiger partial charge on any atom is 0.179 e. The largest absolute Gasteiger partial charge is 0.488 e. The zero-order chi connectivity index (χ0) is 13.8. The Hall–Kier alpha value is -1.34. The van der Waals surface area contributed by atoms with E-state index < -0.39 is 5.82 Å². The van der Waals surface area contributed by atoms with Crippen LogP contribution in [0.4, 0.5) is 4.39 Å². The molecule has 0 radical (unpaired) electrons. The lowest BCUT2D eigenvalue weighted by molar-refractivity contribution is 0.0665. The number of nitrogens with zero attached hydrogens (tertiary/aromatic N) is 1. The van der Waals surface area contributed by atoms with Gasteiger partial charge in [0.1, 0.15) is 6.61 Å². The predicted octanol–water partition coefficient (Wildman–Crippen LogP) is 2.24. The third-order valence-electron chi connectivity index (χ3n) is 2.88. The number of amidine groups is 1. The maximum absolute atomic E-state index is 14.0. The van der Waals surface area contributed by atoms with Gasteiger partial charge >= 0.3 is 0 Å². The first-order valence-corrected chi connectivity index (χ1v) is 6.63. The quantitative estimate of drug-likeness (QED) is 0.383. The van der Waals surface area contributed by atoms with E-state index in [1.54, 1.807) is 0 Å². The molecule has 1 unspecified atom stereocenters. The second kappa shape index (κ2) is 6.21. The van der Waals surface area contributed by atoms with Gasteiger partial charge in [-0.25, -0.2) is 4.39 Å². The standard InChI is InChI=1S/C12H14BrFN2O3/c13-10-8(12(15)16-17)3-4-9(11(10)14)19-6-7-2-1-5-18-7/h3-4,7,17H,1-2,5-6H2,(H2,15,16). The van der Waals surface area contributed by atoms with Gasteiger partial charge in [-0.1, -0.05) is 5.16 Å². The van der Waals surface area contributed by atoms with E-state index in [9.17, 15) is 4.39 Å². The normalized spacial score (nSPS) is 19.7. The molecule has 1 aromatic rings. The van der Waals surface area contributed by atoms with Crippen molar-refractivity contribution in [3.63, 3.8) is 0 Å². The van der Waals surface area contributed by atoms with E-state index in [0.29, 0.717) is 6.61 Å². The second-order valence-corrected chi connectivity index (χ2v) is 4.96. The molecule has 0 amide bonds. The van der Waals surface area contributed by atoms with Crippen LogP contribution in [0.3, 0.4) is 0 Å². The average Bonchev–Trinajstić information content (AvgIpc) is 2.93. The number of ether oxygens (including phenoxy) is 2. The highest BCUT2D eigenvalue weighted by Gasteiger charge is 2.19. The Morgan fingerprint density at radius 1 is 1.63 bits per heavy atom. The van der Waals surface area contributed by atoms with Crippen molar-refractivity contribution in [2.24, 2.45) is 10.9 Å². The molecule has 1 heterocycles. The van der Waals surface area contributed by atoms with Gasteiger partial charge in [0.15, 0.2) is 17.4 Å². The fourth-order valence-electron chi connectivity index (χ4n) is 1.85. The first-order valence-electron chi connectivity index (χ1n) is 5.83. The van der Waals surface area contributed by atoms with Crippen LogP contribution in [-0.4, -0.2) is 30.4 Å². The van der Waals surface area contributed by atoms with Gasteiger partial charge in [0, 0.05) is 12.2 Å². The molecule has 7 heteroatoms. The number of rotatable bonds is 4. The minimum Gasteiger partial charge on any atom is -0.488 e. The van der Waals surface area contributed by atoms with E-state index in [0.717, 1.165) is 19.4 Å². The molecule has 0 bridgehead atoms. The predicted molar refractivity (Wildman–Crippen MR) is 71.1 cm³/mol. The van der Waals surface area contributed by atoms with Crippen LogP contribution in [0.2, 0.25) is 0 Å². The van der Waals surface area contributed by atoms with Gasteiger partial charge in [0.05, 0.1) is 10.6 Å². The summed E-state index contributed by atoms with van der Waals surface area (Å²) < 4.78 is 24.9. The minimum atomic E-state index is -0.581. The molecule has 1 fully saturated rings. The fraction of sp³-hybridized carbons (Fsp3) is 0.417. The van der Waals surface area contributed by atoms with Crippen LogP contribution in [0, 0.1) is 5.82 Å². The lowest BCUT2D eigenvalue weighted by Gasteiger charge is -2.13. The summed E-state index contributed by atoms with van der Waals surface area (Å²) in [5.41, 5.74) is 5.70. The summed E-state index contributed by atoms with van der Waals surface area (Å²) in [5.74, 6) is -0.643. The summed E-state index contributed by atoms with van der Waals surface area (Å²) in [7, 11) is 0. The number of oxime groups is 1. The van der Waals surface area contributed by atoms with Gasteiger partial charge < -0.3 is 20.4 Å². The van der Waals surface area contributed by atoms with Crippen LogP contribution in [-0.2, 0) is 4.74 Å². The molecule has 3 N–H and O–H groups in total. The molecule has 0 spiro atoms. The molecule has 0 aromatic heterocycles. The van der Waals surface area contributed by atoms with Crippen molar-refractivity contribution in [1.29, 1.82) is 0 Å². The van der Waals surface area contributed by atoms with Crippen molar-refractivity contribution >= 4 is 21.8 Å². The van der Waals surface area contributed by atoms with Crippen LogP contribution in [0.5, 0.6) is 5.75 Å². The van der Waals surface area contributed by atoms with Crippen LogP contribution in [0.25, 0.3) is 0 Å². The van der Waals surface area contributed by atoms with E-state index in [4.69, 9.17) is 20.4 Å². The number of nitrogens with two attached hydrogens (primary N) is 1. The summed E-state index contributed by atoms with van der Waals surface area (Å²) >= 11 is 3.07. The third kappa shape index (κ3) is 3.16. The van der Waals surface area contributed by atoms with Gasteiger partial charge in [0.25, 0.3) is 0 Å². The lowest BCUT2D eigenvalue weighted by Crippen LogP contribution is -2.18. The smallest absolute Gasteiger partial charge is 0.179 e. The zero-order valence-electron chi connectivity index (χ0n) is 10.1. The summed E-state index contributed by atoms with van der Waals surface area (Å²) in [6, 6.07) is 2.97. The van der Waals surface area contributed by atoms with Gasteiger partial charge in [0.2, 0.25) is 0 Å². The number of hydrogen-bond acceptors (Lipinski definition) is 4. The molecule has 0 saturated carbocycles. The molecular formula is C12H14BrFN2O3. The van der Waals surface area contributed by atoms with E-state index in [-0.39, 0.29) is 27.7 Å². The molecule has 5 nitrogen and oxygen atoms in total. The summed E-state index contributed by atoms with van der Waals surface area (Å²) in [6.45, 7) is 1.04. The average molecular weight is 333 g/mol. The van der Waals surface area contributed by atoms with Crippen molar-refractivity contribution in [1.82, 2.24) is 0 Å². The van der Waals surface area contributed by atoms with E-state index in [1.807, 2.05) is 0 Å². The van der Waals surface area contributed by atoms with Crippen molar-refractivity contribution in [3.05, 3.63) is 28.0 Å². The van der Waals surface area contributed by atoms with Crippen LogP contribution in [0.15, 0.2) is 21.8 Å². The lowest BCUT2D eigenvalue weighted by atomic mass is 10.2. The number of hydrogen-bond donors (Lipinski definition) is 2. The first kappa shape index (κ1) is 14.1. The Bertz CT molecular complexity index is 490. The van der Waals surface area contributed by atoms with E-state index >= 15 is 0 Å². The highest BCUT2D eigenvalue weighted by molar-refractivity contribution is 9.10.